The van der Waals surface area contributed by atoms with Crippen LogP contribution in [0.25, 0.3) is 0 Å². The zero-order chi connectivity index (χ0) is 13.0. The summed E-state index contributed by atoms with van der Waals surface area (Å²) in [5, 5.41) is 17.8. The van der Waals surface area contributed by atoms with Crippen LogP contribution in [0.15, 0.2) is 30.6 Å². The minimum absolute atomic E-state index is 0.333. The molecular weight excluding hydrogens is 228 g/mol. The molecule has 18 heavy (non-hydrogen) atoms. The first-order valence-corrected chi connectivity index (χ1v) is 5.26. The molecule has 0 aliphatic rings. The number of benzene rings is 1. The molecule has 0 aliphatic carbocycles. The molecule has 5 nitrogen and oxygen atoms in total. The summed E-state index contributed by atoms with van der Waals surface area (Å²) in [6.07, 6.45) is 3.29. The molecule has 0 atom stereocenters. The zero-order valence-corrected chi connectivity index (χ0v) is 9.79. The van der Waals surface area contributed by atoms with Crippen LogP contribution in [0.2, 0.25) is 0 Å². The van der Waals surface area contributed by atoms with Gasteiger partial charge < -0.3 is 9.30 Å². The average molecular weight is 238 g/mol. The van der Waals surface area contributed by atoms with Crippen molar-refractivity contribution in [2.24, 2.45) is 0 Å². The number of nitrogens with zero attached hydrogens (tertiary/aromatic N) is 4. The van der Waals surface area contributed by atoms with Gasteiger partial charge in [0.1, 0.15) is 11.8 Å². The lowest BCUT2D eigenvalue weighted by atomic mass is 10.1. The standard InChI is InChI=1S/C13H10N4O/c1-18-12-3-2-10(7-14)6-11(12)9-17-5-4-16-13(17)8-15/h2-6H,9H2,1H3. The van der Waals surface area contributed by atoms with Gasteiger partial charge in [0.05, 0.1) is 25.3 Å². The van der Waals surface area contributed by atoms with Gasteiger partial charge in [-0.05, 0) is 18.2 Å². The highest BCUT2D eigenvalue weighted by Crippen LogP contribution is 2.21. The van der Waals surface area contributed by atoms with Crippen LogP contribution in [0.5, 0.6) is 5.75 Å². The van der Waals surface area contributed by atoms with E-state index in [0.717, 1.165) is 5.56 Å². The van der Waals surface area contributed by atoms with Crippen molar-refractivity contribution in [1.29, 1.82) is 10.5 Å². The van der Waals surface area contributed by atoms with Gasteiger partial charge in [0.2, 0.25) is 5.82 Å². The first-order valence-electron chi connectivity index (χ1n) is 5.26. The van der Waals surface area contributed by atoms with Gasteiger partial charge in [0.25, 0.3) is 0 Å². The van der Waals surface area contributed by atoms with Crippen molar-refractivity contribution in [2.45, 2.75) is 6.54 Å². The normalized spacial score (nSPS) is 9.50. The molecule has 0 spiro atoms. The van der Waals surface area contributed by atoms with E-state index in [-0.39, 0.29) is 0 Å². The molecule has 1 heterocycles. The van der Waals surface area contributed by atoms with Gasteiger partial charge in [-0.2, -0.15) is 10.5 Å². The second kappa shape index (κ2) is 5.03. The first kappa shape index (κ1) is 11.7. The van der Waals surface area contributed by atoms with Crippen molar-refractivity contribution in [3.05, 3.63) is 47.5 Å². The molecular formula is C13H10N4O. The minimum Gasteiger partial charge on any atom is -0.496 e. The highest BCUT2D eigenvalue weighted by Gasteiger charge is 2.08. The van der Waals surface area contributed by atoms with Crippen LogP contribution >= 0.6 is 0 Å². The minimum atomic E-state index is 0.333. The van der Waals surface area contributed by atoms with Crippen LogP contribution in [0.1, 0.15) is 17.0 Å². The predicted molar refractivity (Wildman–Crippen MR) is 63.8 cm³/mol. The zero-order valence-electron chi connectivity index (χ0n) is 9.79. The third kappa shape index (κ3) is 2.16. The van der Waals surface area contributed by atoms with Gasteiger partial charge in [0.15, 0.2) is 0 Å². The van der Waals surface area contributed by atoms with E-state index in [1.54, 1.807) is 42.3 Å². The van der Waals surface area contributed by atoms with Gasteiger partial charge in [-0.1, -0.05) is 0 Å². The molecule has 0 unspecified atom stereocenters. The van der Waals surface area contributed by atoms with E-state index in [9.17, 15) is 0 Å². The Morgan fingerprint density at radius 3 is 2.83 bits per heavy atom. The van der Waals surface area contributed by atoms with Crippen molar-refractivity contribution in [3.8, 4) is 17.9 Å². The summed E-state index contributed by atoms with van der Waals surface area (Å²) in [7, 11) is 1.57. The quantitative estimate of drug-likeness (QED) is 0.815. The highest BCUT2D eigenvalue weighted by molar-refractivity contribution is 5.42. The molecule has 0 N–H and O–H groups in total. The summed E-state index contributed by atoms with van der Waals surface area (Å²) in [5.74, 6) is 1.02. The molecule has 0 bridgehead atoms. The van der Waals surface area contributed by atoms with Crippen LogP contribution in [0.3, 0.4) is 0 Å². The number of hydrogen-bond acceptors (Lipinski definition) is 4. The summed E-state index contributed by atoms with van der Waals surface area (Å²) >= 11 is 0. The Balaban J connectivity index is 2.39. The number of methoxy groups -OCH3 is 1. The van der Waals surface area contributed by atoms with Crippen molar-refractivity contribution >= 4 is 0 Å². The molecule has 1 aromatic carbocycles. The molecule has 5 heteroatoms. The largest absolute Gasteiger partial charge is 0.496 e. The van der Waals surface area contributed by atoms with E-state index in [1.165, 1.54) is 0 Å². The highest BCUT2D eigenvalue weighted by atomic mass is 16.5. The Labute approximate surface area is 104 Å². The van der Waals surface area contributed by atoms with Crippen LogP contribution in [-0.4, -0.2) is 16.7 Å². The molecule has 0 saturated carbocycles. The third-order valence-corrected chi connectivity index (χ3v) is 2.57. The Kier molecular flexibility index (Phi) is 3.26. The molecule has 2 rings (SSSR count). The van der Waals surface area contributed by atoms with Gasteiger partial charge in [-0.25, -0.2) is 4.98 Å². The number of aromatic nitrogens is 2. The van der Waals surface area contributed by atoms with Gasteiger partial charge in [-0.15, -0.1) is 0 Å². The monoisotopic (exact) mass is 238 g/mol. The van der Waals surface area contributed by atoms with E-state index < -0.39 is 0 Å². The lowest BCUT2D eigenvalue weighted by molar-refractivity contribution is 0.408. The molecule has 1 aromatic heterocycles. The number of hydrogen-bond donors (Lipinski definition) is 0. The fourth-order valence-corrected chi connectivity index (χ4v) is 1.71. The number of rotatable bonds is 3. The average Bonchev–Trinajstić information content (AvgIpc) is 2.86. The van der Waals surface area contributed by atoms with E-state index in [4.69, 9.17) is 15.3 Å². The van der Waals surface area contributed by atoms with Crippen molar-refractivity contribution < 1.29 is 4.74 Å². The Bertz CT molecular complexity index is 646. The first-order chi connectivity index (χ1) is 8.78. The van der Waals surface area contributed by atoms with Crippen molar-refractivity contribution in [2.75, 3.05) is 7.11 Å². The number of ether oxygens (including phenoxy) is 1. The Morgan fingerprint density at radius 2 is 2.17 bits per heavy atom. The summed E-state index contributed by atoms with van der Waals surface area (Å²) in [6.45, 7) is 0.446. The molecule has 0 aliphatic heterocycles. The van der Waals surface area contributed by atoms with E-state index in [1.807, 2.05) is 6.07 Å². The van der Waals surface area contributed by atoms with E-state index in [0.29, 0.717) is 23.7 Å². The molecule has 2 aromatic rings. The van der Waals surface area contributed by atoms with Gasteiger partial charge >= 0.3 is 0 Å². The number of nitriles is 2. The fourth-order valence-electron chi connectivity index (χ4n) is 1.71. The van der Waals surface area contributed by atoms with E-state index in [2.05, 4.69) is 11.1 Å². The topological polar surface area (TPSA) is 74.6 Å². The predicted octanol–water partition coefficient (Wildman–Crippen LogP) is 1.68. The Hall–Kier alpha value is -2.79. The van der Waals surface area contributed by atoms with Crippen LogP contribution < -0.4 is 4.74 Å². The summed E-state index contributed by atoms with van der Waals surface area (Å²) < 4.78 is 6.95. The summed E-state index contributed by atoms with van der Waals surface area (Å²) in [6, 6.07) is 9.28. The van der Waals surface area contributed by atoms with Crippen LogP contribution in [0, 0.1) is 22.7 Å². The van der Waals surface area contributed by atoms with Crippen LogP contribution in [-0.2, 0) is 6.54 Å². The SMILES string of the molecule is COc1ccc(C#N)cc1Cn1ccnc1C#N. The van der Waals surface area contributed by atoms with Gasteiger partial charge in [0, 0.05) is 18.0 Å². The second-order valence-electron chi connectivity index (χ2n) is 3.63. The smallest absolute Gasteiger partial charge is 0.213 e. The summed E-state index contributed by atoms with van der Waals surface area (Å²) in [4.78, 5) is 3.92. The maximum Gasteiger partial charge on any atom is 0.213 e. The van der Waals surface area contributed by atoms with E-state index >= 15 is 0 Å². The molecule has 0 amide bonds. The maximum atomic E-state index is 8.90. The lowest BCUT2D eigenvalue weighted by Gasteiger charge is -2.09. The summed E-state index contributed by atoms with van der Waals surface area (Å²) in [5.41, 5.74) is 1.40. The van der Waals surface area contributed by atoms with Crippen LogP contribution in [0.4, 0.5) is 0 Å². The lowest BCUT2D eigenvalue weighted by Crippen LogP contribution is -2.03. The van der Waals surface area contributed by atoms with Gasteiger partial charge in [-0.3, -0.25) is 0 Å². The third-order valence-electron chi connectivity index (χ3n) is 2.57. The molecule has 0 fully saturated rings. The number of imidazole rings is 1. The van der Waals surface area contributed by atoms with Crippen molar-refractivity contribution in [3.63, 3.8) is 0 Å². The second-order valence-corrected chi connectivity index (χ2v) is 3.63. The maximum absolute atomic E-state index is 8.90. The fraction of sp³-hybridized carbons (Fsp3) is 0.154. The molecule has 0 saturated heterocycles. The molecule has 0 radical (unpaired) electrons. The van der Waals surface area contributed by atoms with Crippen molar-refractivity contribution in [1.82, 2.24) is 9.55 Å². The Morgan fingerprint density at radius 1 is 1.33 bits per heavy atom. The molecule has 88 valence electrons.